The molecule has 34 nitrogen and oxygen atoms in total. The fourth-order valence-corrected chi connectivity index (χ4v) is 15.8. The molecule has 3 aliphatic rings. The molecular formula is C90H127N21O13. The monoisotopic (exact) mass is 1710 g/mol. The number of carbonyl (C=O) groups is 13. The highest BCUT2D eigenvalue weighted by atomic mass is 16.2. The van der Waals surface area contributed by atoms with Gasteiger partial charge in [0.2, 0.25) is 76.8 Å². The molecular weight excluding hydrogens is 1580 g/mol. The van der Waals surface area contributed by atoms with Crippen LogP contribution < -0.4 is 87.2 Å². The van der Waals surface area contributed by atoms with Crippen molar-refractivity contribution in [3.8, 4) is 0 Å². The third-order valence-electron chi connectivity index (χ3n) is 22.8. The Kier molecular flexibility index (Phi) is 38.9. The lowest BCUT2D eigenvalue weighted by molar-refractivity contribution is -0.143. The molecule has 3 heterocycles. The van der Waals surface area contributed by atoms with Crippen molar-refractivity contribution >= 4 is 88.7 Å². The number of carbonyl (C=O) groups excluding carboxylic acids is 13. The van der Waals surface area contributed by atoms with E-state index in [1.807, 2.05) is 27.7 Å². The number of hydrogen-bond acceptors (Lipinski definition) is 17. The van der Waals surface area contributed by atoms with E-state index >= 15 is 33.6 Å². The number of rotatable bonds is 48. The third kappa shape index (κ3) is 30.3. The Morgan fingerprint density at radius 3 is 0.960 bits per heavy atom. The molecule has 0 bridgehead atoms. The van der Waals surface area contributed by atoms with Crippen LogP contribution in [0.25, 0.3) is 0 Å². The van der Waals surface area contributed by atoms with Gasteiger partial charge < -0.3 is 102 Å². The highest BCUT2D eigenvalue weighted by molar-refractivity contribution is 6.01. The first-order valence-corrected chi connectivity index (χ1v) is 43.3. The maximum absolute atomic E-state index is 15.6. The molecule has 5 aromatic rings. The molecule has 0 unspecified atom stereocenters. The minimum atomic E-state index is -1.39. The quantitative estimate of drug-likeness (QED) is 0.0147. The van der Waals surface area contributed by atoms with E-state index in [-0.39, 0.29) is 153 Å². The van der Waals surface area contributed by atoms with E-state index in [1.165, 1.54) is 14.7 Å². The minimum absolute atomic E-state index is 0.0252. The molecule has 23 N–H and O–H groups in total. The predicted octanol–water partition coefficient (Wildman–Crippen LogP) is 1.10. The van der Waals surface area contributed by atoms with Crippen LogP contribution >= 0.6 is 0 Å². The molecule has 0 spiro atoms. The van der Waals surface area contributed by atoms with Gasteiger partial charge in [-0.2, -0.15) is 0 Å². The van der Waals surface area contributed by atoms with Crippen molar-refractivity contribution < 1.29 is 62.3 Å². The van der Waals surface area contributed by atoms with Gasteiger partial charge in [-0.05, 0) is 136 Å². The van der Waals surface area contributed by atoms with Crippen LogP contribution in [0.4, 0.5) is 0 Å². The van der Waals surface area contributed by atoms with E-state index < -0.39 is 155 Å². The molecule has 34 heteroatoms. The van der Waals surface area contributed by atoms with Gasteiger partial charge >= 0.3 is 0 Å². The van der Waals surface area contributed by atoms with E-state index in [0.717, 1.165) is 0 Å². The molecule has 14 atom stereocenters. The van der Waals surface area contributed by atoms with Crippen LogP contribution in [0.15, 0.2) is 152 Å². The van der Waals surface area contributed by atoms with Crippen molar-refractivity contribution in [1.29, 1.82) is 10.8 Å². The summed E-state index contributed by atoms with van der Waals surface area (Å²) in [5.41, 5.74) is 32.2. The number of hydrogen-bond donors (Lipinski definition) is 18. The summed E-state index contributed by atoms with van der Waals surface area (Å²) in [7, 11) is 0. The average molecular weight is 1710 g/mol. The first kappa shape index (κ1) is 97.1. The van der Waals surface area contributed by atoms with Gasteiger partial charge in [0, 0.05) is 64.8 Å². The van der Waals surface area contributed by atoms with Crippen molar-refractivity contribution in [2.45, 2.75) is 235 Å². The first-order valence-electron chi connectivity index (χ1n) is 43.3. The fourth-order valence-electron chi connectivity index (χ4n) is 15.8. The topological polar surface area (TPSA) is 542 Å². The van der Waals surface area contributed by atoms with E-state index in [4.69, 9.17) is 39.5 Å². The maximum Gasteiger partial charge on any atom is 0.246 e. The molecule has 0 radical (unpaired) electrons. The summed E-state index contributed by atoms with van der Waals surface area (Å²) in [6.07, 6.45) is 3.59. The van der Waals surface area contributed by atoms with Crippen LogP contribution in [-0.2, 0) is 94.4 Å². The molecule has 5 aromatic carbocycles. The first-order chi connectivity index (χ1) is 59.5. The lowest BCUT2D eigenvalue weighted by Gasteiger charge is -2.32. The van der Waals surface area contributed by atoms with Crippen molar-refractivity contribution in [3.05, 3.63) is 179 Å². The van der Waals surface area contributed by atoms with E-state index in [9.17, 15) is 28.8 Å². The third-order valence-corrected chi connectivity index (χ3v) is 22.8. The second kappa shape index (κ2) is 49.7. The normalized spacial score (nSPS) is 17.5. The second-order valence-electron chi connectivity index (χ2n) is 32.8. The molecule has 0 saturated carbocycles. The Morgan fingerprint density at radius 1 is 0.371 bits per heavy atom. The zero-order valence-electron chi connectivity index (χ0n) is 71.5. The molecule has 3 saturated heterocycles. The largest absolute Gasteiger partial charge is 0.370 e. The number of benzene rings is 5. The summed E-state index contributed by atoms with van der Waals surface area (Å²) in [5.74, 6) is -9.75. The van der Waals surface area contributed by atoms with Gasteiger partial charge in [0.25, 0.3) is 0 Å². The van der Waals surface area contributed by atoms with E-state index in [0.29, 0.717) is 66.3 Å². The number of guanidine groups is 2. The molecule has 0 aromatic heterocycles. The number of nitrogens with two attached hydrogens (primary N) is 5. The van der Waals surface area contributed by atoms with Gasteiger partial charge in [0.05, 0.1) is 6.04 Å². The van der Waals surface area contributed by atoms with Crippen molar-refractivity contribution in [2.75, 3.05) is 39.3 Å². The van der Waals surface area contributed by atoms with E-state index in [2.05, 4.69) is 58.5 Å². The Hall–Kier alpha value is -12.3. The summed E-state index contributed by atoms with van der Waals surface area (Å²) in [6.45, 7) is 8.52. The summed E-state index contributed by atoms with van der Waals surface area (Å²) in [4.78, 5) is 196. The SMILES string of the molecule is CC[C@H](C)[C@H](N)C(=O)N[C@@H](CC(C)C)C(=O)N1CCC[C@H]1C(=O)N[C@@H](Cc1ccccc1)C(=O)N[C@@H](CCCCN)C(=O)N[C@@H](Cc1ccccc1)C(=O)N1CCC[C@H]1C(=O)N[C@@H](Cc1ccccc1)C(=O)N[C@@H](Cc1ccccc1)C(=O)N1CCC[C@H]1C(=O)N[C@@H](Cc1ccccc1)C(=O)N[C@@H](CCCNC(=N)N)C(=O)N[C@@H](CCCNC(=N)N)C(N)=O. The van der Waals surface area contributed by atoms with Crippen LogP contribution in [-0.4, -0.2) is 221 Å². The summed E-state index contributed by atoms with van der Waals surface area (Å²) in [6, 6.07) is 28.5. The van der Waals surface area contributed by atoms with Crippen molar-refractivity contribution in [1.82, 2.24) is 73.2 Å². The minimum Gasteiger partial charge on any atom is -0.370 e. The Morgan fingerprint density at radius 2 is 0.653 bits per heavy atom. The molecule has 3 aliphatic heterocycles. The second-order valence-corrected chi connectivity index (χ2v) is 32.8. The van der Waals surface area contributed by atoms with Crippen LogP contribution in [0.3, 0.4) is 0 Å². The average Bonchev–Trinajstić information content (AvgIpc) is 1.63. The smallest absolute Gasteiger partial charge is 0.246 e. The van der Waals surface area contributed by atoms with Gasteiger partial charge in [-0.25, -0.2) is 0 Å². The van der Waals surface area contributed by atoms with Crippen LogP contribution in [0.2, 0.25) is 0 Å². The standard InChI is InChI=1S/C90H127N21O13/c1-5-57(4)75(92)85(121)108-69(50-56(2)3)86(122)109-47-25-41-72(109)82(118)103-66(51-58-28-11-6-12-29-58)79(115)101-64(38-21-22-44-91)78(114)106-70(54-61-34-17-9-18-35-61)87(123)110-48-26-43-74(110)84(120)105-68(53-60-32-15-8-16-33-60)81(117)107-71(55-62-36-19-10-20-37-62)88(124)111-49-27-42-73(111)83(119)104-67(52-59-30-13-7-14-31-59)80(116)102-65(40-24-46-99-90(96)97)77(113)100-63(76(93)112)39-23-45-98-89(94)95/h6-20,28-37,56-57,63-75H,5,21-27,38-55,91-92H2,1-4H3,(H2,93,112)(H,100,113)(H,101,115)(H,102,116)(H,103,118)(H,104,119)(H,105,120)(H,106,114)(H,107,117)(H,108,121)(H4,94,95,98)(H4,96,97,99)/t57-,63-,64-,65-,66-,67-,68-,69-,70-,71-,72-,73-,74-,75-/m0/s1. The summed E-state index contributed by atoms with van der Waals surface area (Å²) < 4.78 is 0. The number of nitrogens with zero attached hydrogens (tertiary/aromatic N) is 3. The van der Waals surface area contributed by atoms with Crippen LogP contribution in [0.1, 0.15) is 152 Å². The maximum atomic E-state index is 15.6. The Labute approximate surface area is 725 Å². The number of likely N-dealkylation sites (tertiary alicyclic amines) is 3. The van der Waals surface area contributed by atoms with Crippen LogP contribution in [0.5, 0.6) is 0 Å². The molecule has 124 heavy (non-hydrogen) atoms. The summed E-state index contributed by atoms with van der Waals surface area (Å²) in [5, 5.41) is 46.2. The van der Waals surface area contributed by atoms with E-state index in [1.54, 1.807) is 152 Å². The van der Waals surface area contributed by atoms with Gasteiger partial charge in [-0.15, -0.1) is 0 Å². The van der Waals surface area contributed by atoms with Gasteiger partial charge in [-0.3, -0.25) is 73.1 Å². The predicted molar refractivity (Wildman–Crippen MR) is 470 cm³/mol. The number of amides is 13. The number of primary amides is 1. The molecule has 8 rings (SSSR count). The zero-order valence-corrected chi connectivity index (χ0v) is 71.5. The molecule has 13 amide bonds. The number of unbranched alkanes of at least 4 members (excludes halogenated alkanes) is 1. The van der Waals surface area contributed by atoms with Crippen molar-refractivity contribution in [3.63, 3.8) is 0 Å². The highest BCUT2D eigenvalue weighted by Crippen LogP contribution is 2.26. The highest BCUT2D eigenvalue weighted by Gasteiger charge is 2.45. The zero-order chi connectivity index (χ0) is 89.8. The molecule has 0 aliphatic carbocycles. The lowest BCUT2D eigenvalue weighted by Crippen LogP contribution is -2.61. The lowest BCUT2D eigenvalue weighted by atomic mass is 9.97. The van der Waals surface area contributed by atoms with Gasteiger partial charge in [-0.1, -0.05) is 186 Å². The van der Waals surface area contributed by atoms with Crippen molar-refractivity contribution in [2.24, 2.45) is 40.5 Å². The number of nitrogens with one attached hydrogen (secondary N) is 13. The Balaban J connectivity index is 1.02. The molecule has 670 valence electrons. The summed E-state index contributed by atoms with van der Waals surface area (Å²) >= 11 is 0. The van der Waals surface area contributed by atoms with Gasteiger partial charge in [0.15, 0.2) is 11.9 Å². The molecule has 3 fully saturated rings. The Bertz CT molecular complexity index is 4380. The van der Waals surface area contributed by atoms with Gasteiger partial charge in [0.1, 0.15) is 72.5 Å². The van der Waals surface area contributed by atoms with Crippen LogP contribution in [0, 0.1) is 22.7 Å². The fraction of sp³-hybridized carbons (Fsp3) is 0.500.